The lowest BCUT2D eigenvalue weighted by atomic mass is 9.92. The van der Waals surface area contributed by atoms with Crippen molar-refractivity contribution in [3.63, 3.8) is 0 Å². The Morgan fingerprint density at radius 3 is 2.54 bits per heavy atom. The van der Waals surface area contributed by atoms with Crippen LogP contribution in [0.5, 0.6) is 0 Å². The van der Waals surface area contributed by atoms with Gasteiger partial charge in [-0.25, -0.2) is 9.97 Å². The number of carbonyl (C=O) groups excluding carboxylic acids is 2. The quantitative estimate of drug-likeness (QED) is 0.716. The van der Waals surface area contributed by atoms with Crippen LogP contribution in [-0.4, -0.2) is 46.3 Å². The van der Waals surface area contributed by atoms with Gasteiger partial charge in [0.15, 0.2) is 0 Å². The second-order valence-electron chi connectivity index (χ2n) is 6.29. The third-order valence-corrected chi connectivity index (χ3v) is 4.32. The molecule has 28 heavy (non-hydrogen) atoms. The van der Waals surface area contributed by atoms with Gasteiger partial charge in [-0.1, -0.05) is 30.7 Å². The van der Waals surface area contributed by atoms with Crippen molar-refractivity contribution in [2.24, 2.45) is 5.92 Å². The predicted octanol–water partition coefficient (Wildman–Crippen LogP) is 3.23. The number of alkyl halides is 3. The first-order valence-electron chi connectivity index (χ1n) is 8.78. The maximum atomic E-state index is 12.8. The number of carbonyl (C=O) groups is 2. The molecule has 1 aromatic rings. The zero-order valence-electron chi connectivity index (χ0n) is 16.5. The van der Waals surface area contributed by atoms with E-state index in [1.807, 2.05) is 26.0 Å². The highest BCUT2D eigenvalue weighted by Crippen LogP contribution is 2.27. The van der Waals surface area contributed by atoms with Gasteiger partial charge >= 0.3 is 6.18 Å². The lowest BCUT2D eigenvalue weighted by molar-refractivity contribution is -0.141. The Kier molecular flexibility index (Phi) is 8.34. The maximum Gasteiger partial charge on any atom is 0.433 e. The highest BCUT2D eigenvalue weighted by Gasteiger charge is 2.34. The van der Waals surface area contributed by atoms with Crippen LogP contribution in [0.15, 0.2) is 36.1 Å². The molecule has 1 rings (SSSR count). The van der Waals surface area contributed by atoms with Gasteiger partial charge in [0.1, 0.15) is 11.7 Å². The molecule has 0 unspecified atom stereocenters. The van der Waals surface area contributed by atoms with Gasteiger partial charge < -0.3 is 10.2 Å². The summed E-state index contributed by atoms with van der Waals surface area (Å²) in [6.45, 7) is 7.60. The summed E-state index contributed by atoms with van der Waals surface area (Å²) < 4.78 is 38.5. The minimum atomic E-state index is -4.70. The summed E-state index contributed by atoms with van der Waals surface area (Å²) >= 11 is 0. The van der Waals surface area contributed by atoms with Crippen molar-refractivity contribution in [2.75, 3.05) is 13.6 Å². The summed E-state index contributed by atoms with van der Waals surface area (Å²) in [4.78, 5) is 33.5. The van der Waals surface area contributed by atoms with Crippen molar-refractivity contribution >= 4 is 11.8 Å². The molecule has 1 N–H and O–H groups in total. The molecule has 1 aromatic heterocycles. The molecule has 2 amide bonds. The van der Waals surface area contributed by atoms with E-state index in [4.69, 9.17) is 0 Å². The van der Waals surface area contributed by atoms with Crippen molar-refractivity contribution in [2.45, 2.75) is 39.9 Å². The van der Waals surface area contributed by atoms with Gasteiger partial charge in [-0.3, -0.25) is 9.59 Å². The summed E-state index contributed by atoms with van der Waals surface area (Å²) in [5, 5.41) is 2.50. The molecule has 0 fully saturated rings. The van der Waals surface area contributed by atoms with E-state index in [-0.39, 0.29) is 5.91 Å². The fourth-order valence-electron chi connectivity index (χ4n) is 2.29. The number of halogens is 3. The van der Waals surface area contributed by atoms with Crippen molar-refractivity contribution in [1.29, 1.82) is 0 Å². The second kappa shape index (κ2) is 10.0. The number of aromatic nitrogens is 2. The molecule has 0 aliphatic carbocycles. The second-order valence-corrected chi connectivity index (χ2v) is 6.29. The molecule has 0 saturated heterocycles. The number of nitrogens with one attached hydrogen (secondary N) is 1. The molecule has 0 aliphatic heterocycles. The summed E-state index contributed by atoms with van der Waals surface area (Å²) in [6, 6.07) is -0.297. The third kappa shape index (κ3) is 6.17. The maximum absolute atomic E-state index is 12.8. The lowest BCUT2D eigenvalue weighted by Crippen LogP contribution is -2.51. The average Bonchev–Trinajstić information content (AvgIpc) is 2.67. The van der Waals surface area contributed by atoms with Gasteiger partial charge in [-0.2, -0.15) is 13.2 Å². The lowest BCUT2D eigenvalue weighted by Gasteiger charge is -2.28. The molecule has 6 nitrogen and oxygen atoms in total. The first kappa shape index (κ1) is 23.3. The largest absolute Gasteiger partial charge is 0.433 e. The van der Waals surface area contributed by atoms with E-state index in [1.54, 1.807) is 27.0 Å². The van der Waals surface area contributed by atoms with E-state index in [0.717, 1.165) is 11.8 Å². The van der Waals surface area contributed by atoms with Crippen LogP contribution >= 0.6 is 0 Å². The van der Waals surface area contributed by atoms with Crippen LogP contribution < -0.4 is 5.32 Å². The van der Waals surface area contributed by atoms with E-state index < -0.39 is 35.6 Å². The Morgan fingerprint density at radius 1 is 1.36 bits per heavy atom. The Morgan fingerprint density at radius 2 is 2.00 bits per heavy atom. The number of allylic oxidation sites excluding steroid dienone is 3. The number of hydrogen-bond donors (Lipinski definition) is 1. The molecule has 0 spiro atoms. The van der Waals surface area contributed by atoms with Crippen LogP contribution in [0.2, 0.25) is 0 Å². The highest BCUT2D eigenvalue weighted by molar-refractivity contribution is 5.95. The van der Waals surface area contributed by atoms with Gasteiger partial charge in [0.25, 0.3) is 5.91 Å². The molecule has 1 heterocycles. The molecule has 0 radical (unpaired) electrons. The number of nitrogens with zero attached hydrogens (tertiary/aromatic N) is 3. The topological polar surface area (TPSA) is 75.2 Å². The summed E-state index contributed by atoms with van der Waals surface area (Å²) in [6.07, 6.45) is 1.59. The Bertz CT molecular complexity index is 760. The first-order valence-corrected chi connectivity index (χ1v) is 8.78. The van der Waals surface area contributed by atoms with Crippen LogP contribution in [0.1, 0.15) is 44.0 Å². The Hall–Kier alpha value is -2.71. The van der Waals surface area contributed by atoms with Gasteiger partial charge in [0.05, 0.1) is 0 Å². The van der Waals surface area contributed by atoms with Gasteiger partial charge in [-0.05, 0) is 26.8 Å². The summed E-state index contributed by atoms with van der Waals surface area (Å²) in [5.41, 5.74) is -0.398. The van der Waals surface area contributed by atoms with E-state index >= 15 is 0 Å². The fraction of sp³-hybridized carbons (Fsp3) is 0.474. The Labute approximate surface area is 162 Å². The van der Waals surface area contributed by atoms with Crippen LogP contribution in [0, 0.1) is 5.92 Å². The fourth-order valence-corrected chi connectivity index (χ4v) is 2.29. The highest BCUT2D eigenvalue weighted by atomic mass is 19.4. The van der Waals surface area contributed by atoms with Crippen molar-refractivity contribution in [1.82, 2.24) is 20.2 Å². The molecule has 9 heteroatoms. The van der Waals surface area contributed by atoms with Gasteiger partial charge in [0.2, 0.25) is 11.7 Å². The van der Waals surface area contributed by atoms with E-state index in [2.05, 4.69) is 15.3 Å². The zero-order chi connectivity index (χ0) is 21.5. The SMILES string of the molecule is C/C=C\C=C(/C)[C@H](C)[C@H](NC(=O)c1nccc(C(F)(F)F)n1)C(=O)N(C)CC. The zero-order valence-corrected chi connectivity index (χ0v) is 16.5. The van der Waals surface area contributed by atoms with Crippen LogP contribution in [-0.2, 0) is 11.0 Å². The Balaban J connectivity index is 3.19. The van der Waals surface area contributed by atoms with Crippen LogP contribution in [0.3, 0.4) is 0 Å². The molecule has 0 aromatic carbocycles. The minimum Gasteiger partial charge on any atom is -0.344 e. The first-order chi connectivity index (χ1) is 13.0. The predicted molar refractivity (Wildman–Crippen MR) is 99.3 cm³/mol. The normalized spacial score (nSPS) is 14.6. The average molecular weight is 398 g/mol. The number of amides is 2. The van der Waals surface area contributed by atoms with Gasteiger partial charge in [-0.15, -0.1) is 0 Å². The molecule has 0 saturated carbocycles. The monoisotopic (exact) mass is 398 g/mol. The minimum absolute atomic E-state index is 0.358. The van der Waals surface area contributed by atoms with Gasteiger partial charge in [0, 0.05) is 25.7 Å². The van der Waals surface area contributed by atoms with Crippen LogP contribution in [0.4, 0.5) is 13.2 Å². The third-order valence-electron chi connectivity index (χ3n) is 4.32. The molecule has 154 valence electrons. The molecular formula is C19H25F3N4O2. The standard InChI is InChI=1S/C19H25F3N4O2/c1-6-8-9-12(3)13(4)15(18(28)26(5)7-2)25-17(27)16-23-11-10-14(24-16)19(20,21)22/h6,8-11,13,15H,7H2,1-5H3,(H,25,27)/b8-6-,12-9+/t13-,15-/m0/s1. The molecule has 0 bridgehead atoms. The van der Waals surface area contributed by atoms with Crippen LogP contribution in [0.25, 0.3) is 0 Å². The number of rotatable bonds is 7. The van der Waals surface area contributed by atoms with Crippen molar-refractivity contribution < 1.29 is 22.8 Å². The molecule has 2 atom stereocenters. The smallest absolute Gasteiger partial charge is 0.344 e. The number of likely N-dealkylation sites (N-methyl/N-ethyl adjacent to an activating group) is 1. The van der Waals surface area contributed by atoms with Crippen molar-refractivity contribution in [3.8, 4) is 0 Å². The van der Waals surface area contributed by atoms with E-state index in [1.165, 1.54) is 4.90 Å². The van der Waals surface area contributed by atoms with Crippen molar-refractivity contribution in [3.05, 3.63) is 47.6 Å². The van der Waals surface area contributed by atoms with E-state index in [0.29, 0.717) is 12.6 Å². The number of hydrogen-bond acceptors (Lipinski definition) is 4. The summed E-state index contributed by atoms with van der Waals surface area (Å²) in [5.74, 6) is -2.34. The molecule has 0 aliphatic rings. The summed E-state index contributed by atoms with van der Waals surface area (Å²) in [7, 11) is 1.58. The van der Waals surface area contributed by atoms with E-state index in [9.17, 15) is 22.8 Å². The molecular weight excluding hydrogens is 373 g/mol.